The molecular formula is C19H28N2O4. The van der Waals surface area contributed by atoms with Gasteiger partial charge in [0.2, 0.25) is 0 Å². The van der Waals surface area contributed by atoms with Gasteiger partial charge in [-0.15, -0.1) is 0 Å². The second-order valence-electron chi connectivity index (χ2n) is 7.57. The molecule has 0 bridgehead atoms. The predicted molar refractivity (Wildman–Crippen MR) is 95.3 cm³/mol. The number of hydrogen-bond donors (Lipinski definition) is 2. The average molecular weight is 348 g/mol. The second-order valence-corrected chi connectivity index (χ2v) is 7.57. The summed E-state index contributed by atoms with van der Waals surface area (Å²) in [6, 6.07) is 9.77. The van der Waals surface area contributed by atoms with Crippen molar-refractivity contribution in [2.45, 2.75) is 51.8 Å². The number of carboxylic acids is 1. The van der Waals surface area contributed by atoms with E-state index in [2.05, 4.69) is 5.32 Å². The van der Waals surface area contributed by atoms with Gasteiger partial charge in [-0.1, -0.05) is 30.3 Å². The van der Waals surface area contributed by atoms with E-state index in [4.69, 9.17) is 4.74 Å². The van der Waals surface area contributed by atoms with Gasteiger partial charge in [0.05, 0.1) is 5.92 Å². The maximum Gasteiger partial charge on any atom is 0.410 e. The number of carboxylic acid groups (broad SMARTS) is 1. The fourth-order valence-corrected chi connectivity index (χ4v) is 3.05. The third kappa shape index (κ3) is 5.46. The van der Waals surface area contributed by atoms with Crippen molar-refractivity contribution in [1.82, 2.24) is 10.2 Å². The normalized spacial score (nSPS) is 22.3. The van der Waals surface area contributed by atoms with Gasteiger partial charge in [0.1, 0.15) is 5.60 Å². The number of carbonyl (C=O) groups excluding carboxylic acids is 1. The molecule has 25 heavy (non-hydrogen) atoms. The molecular weight excluding hydrogens is 320 g/mol. The van der Waals surface area contributed by atoms with Gasteiger partial charge in [-0.05, 0) is 39.7 Å². The largest absolute Gasteiger partial charge is 0.481 e. The summed E-state index contributed by atoms with van der Waals surface area (Å²) in [7, 11) is 0. The Kier molecular flexibility index (Phi) is 6.06. The summed E-state index contributed by atoms with van der Waals surface area (Å²) in [5.74, 6) is -1.56. The fraction of sp³-hybridized carbons (Fsp3) is 0.579. The molecule has 0 saturated carbocycles. The molecule has 2 N–H and O–H groups in total. The van der Waals surface area contributed by atoms with E-state index in [1.807, 2.05) is 37.3 Å². The summed E-state index contributed by atoms with van der Waals surface area (Å²) < 4.78 is 5.36. The van der Waals surface area contributed by atoms with Crippen molar-refractivity contribution in [3.05, 3.63) is 35.9 Å². The highest BCUT2D eigenvalue weighted by atomic mass is 16.6. The summed E-state index contributed by atoms with van der Waals surface area (Å²) in [5.41, 5.74) is 0.522. The van der Waals surface area contributed by atoms with Crippen LogP contribution >= 0.6 is 0 Å². The first-order valence-corrected chi connectivity index (χ1v) is 8.69. The summed E-state index contributed by atoms with van der Waals surface area (Å²) in [6.07, 6.45) is 0.126. The Labute approximate surface area is 149 Å². The van der Waals surface area contributed by atoms with Crippen molar-refractivity contribution < 1.29 is 19.4 Å². The Morgan fingerprint density at radius 3 is 2.48 bits per heavy atom. The van der Waals surface area contributed by atoms with E-state index in [1.54, 1.807) is 20.8 Å². The topological polar surface area (TPSA) is 78.9 Å². The first kappa shape index (κ1) is 19.2. The summed E-state index contributed by atoms with van der Waals surface area (Å²) in [5, 5.41) is 13.0. The molecule has 0 aromatic heterocycles. The zero-order valence-electron chi connectivity index (χ0n) is 15.4. The monoisotopic (exact) mass is 348 g/mol. The Morgan fingerprint density at radius 2 is 1.92 bits per heavy atom. The number of carbonyl (C=O) groups is 2. The van der Waals surface area contributed by atoms with Crippen LogP contribution in [0.5, 0.6) is 0 Å². The smallest absolute Gasteiger partial charge is 0.410 e. The number of ether oxygens (including phenoxy) is 1. The number of hydrogen-bond acceptors (Lipinski definition) is 4. The van der Waals surface area contributed by atoms with Crippen molar-refractivity contribution in [2.75, 3.05) is 13.1 Å². The highest BCUT2D eigenvalue weighted by Gasteiger charge is 2.38. The molecule has 6 nitrogen and oxygen atoms in total. The lowest BCUT2D eigenvalue weighted by Gasteiger charge is -2.38. The van der Waals surface area contributed by atoms with Crippen molar-refractivity contribution in [3.8, 4) is 0 Å². The lowest BCUT2D eigenvalue weighted by molar-refractivity contribution is -0.144. The van der Waals surface area contributed by atoms with Crippen LogP contribution < -0.4 is 5.32 Å². The number of benzene rings is 1. The van der Waals surface area contributed by atoms with Gasteiger partial charge in [-0.2, -0.15) is 0 Å². The first-order valence-electron chi connectivity index (χ1n) is 8.69. The molecule has 1 fully saturated rings. The Balaban J connectivity index is 2.02. The first-order chi connectivity index (χ1) is 11.7. The molecule has 1 aliphatic rings. The van der Waals surface area contributed by atoms with Crippen molar-refractivity contribution in [3.63, 3.8) is 0 Å². The molecule has 1 saturated heterocycles. The standard InChI is InChI=1S/C19H28N2O4/c1-13(14-8-6-5-7-9-14)20-16-10-11-21(12-15(16)17(22)23)18(24)25-19(2,3)4/h5-9,13,15-16,20H,10-12H2,1-4H3,(H,22,23)/t13?,15?,16-/m0/s1. The van der Waals surface area contributed by atoms with Crippen LogP contribution in [-0.2, 0) is 9.53 Å². The van der Waals surface area contributed by atoms with Crippen LogP contribution in [0, 0.1) is 5.92 Å². The molecule has 2 unspecified atom stereocenters. The van der Waals surface area contributed by atoms with Crippen LogP contribution in [0.3, 0.4) is 0 Å². The third-order valence-electron chi connectivity index (χ3n) is 4.35. The average Bonchev–Trinajstić information content (AvgIpc) is 2.54. The molecule has 1 aliphatic heterocycles. The van der Waals surface area contributed by atoms with Gasteiger partial charge in [-0.3, -0.25) is 4.79 Å². The maximum absolute atomic E-state index is 12.2. The van der Waals surface area contributed by atoms with Crippen LogP contribution in [0.4, 0.5) is 4.79 Å². The van der Waals surface area contributed by atoms with E-state index in [1.165, 1.54) is 4.90 Å². The van der Waals surface area contributed by atoms with Crippen LogP contribution in [0.25, 0.3) is 0 Å². The maximum atomic E-state index is 12.2. The molecule has 6 heteroatoms. The van der Waals surface area contributed by atoms with Gasteiger partial charge >= 0.3 is 12.1 Å². The zero-order valence-corrected chi connectivity index (χ0v) is 15.4. The second kappa shape index (κ2) is 7.87. The zero-order chi connectivity index (χ0) is 18.6. The molecule has 0 radical (unpaired) electrons. The van der Waals surface area contributed by atoms with Crippen molar-refractivity contribution >= 4 is 12.1 Å². The van der Waals surface area contributed by atoms with Crippen LogP contribution in [0.1, 0.15) is 45.7 Å². The van der Waals surface area contributed by atoms with Crippen LogP contribution in [-0.4, -0.2) is 46.8 Å². The Hall–Kier alpha value is -2.08. The van der Waals surface area contributed by atoms with Crippen molar-refractivity contribution in [2.24, 2.45) is 5.92 Å². The quantitative estimate of drug-likeness (QED) is 0.874. The summed E-state index contributed by atoms with van der Waals surface area (Å²) >= 11 is 0. The minimum Gasteiger partial charge on any atom is -0.481 e. The third-order valence-corrected chi connectivity index (χ3v) is 4.35. The van der Waals surface area contributed by atoms with Crippen molar-refractivity contribution in [1.29, 1.82) is 0 Å². The number of rotatable bonds is 4. The highest BCUT2D eigenvalue weighted by Crippen LogP contribution is 2.23. The predicted octanol–water partition coefficient (Wildman–Crippen LogP) is 3.05. The van der Waals surface area contributed by atoms with E-state index in [-0.39, 0.29) is 18.6 Å². The number of nitrogens with one attached hydrogen (secondary N) is 1. The van der Waals surface area contributed by atoms with Crippen LogP contribution in [0.15, 0.2) is 30.3 Å². The van der Waals surface area contributed by atoms with E-state index >= 15 is 0 Å². The number of amides is 1. The Morgan fingerprint density at radius 1 is 1.28 bits per heavy atom. The SMILES string of the molecule is CC(N[C@H]1CCN(C(=O)OC(C)(C)C)CC1C(=O)O)c1ccccc1. The lowest BCUT2D eigenvalue weighted by Crippen LogP contribution is -2.54. The molecule has 138 valence electrons. The molecule has 0 spiro atoms. The molecule has 1 heterocycles. The number of likely N-dealkylation sites (tertiary alicyclic amines) is 1. The number of piperidine rings is 1. The lowest BCUT2D eigenvalue weighted by atomic mass is 9.91. The van der Waals surface area contributed by atoms with Gasteiger partial charge < -0.3 is 20.1 Å². The number of aliphatic carboxylic acids is 1. The minimum atomic E-state index is -0.897. The van der Waals surface area contributed by atoms with E-state index in [0.717, 1.165) is 5.56 Å². The molecule has 0 aliphatic carbocycles. The molecule has 1 aromatic carbocycles. The highest BCUT2D eigenvalue weighted by molar-refractivity contribution is 5.74. The fourth-order valence-electron chi connectivity index (χ4n) is 3.05. The van der Waals surface area contributed by atoms with Gasteiger partial charge in [-0.25, -0.2) is 4.79 Å². The molecule has 2 rings (SSSR count). The molecule has 3 atom stereocenters. The van der Waals surface area contributed by atoms with Gasteiger partial charge in [0.25, 0.3) is 0 Å². The number of nitrogens with zero attached hydrogens (tertiary/aromatic N) is 1. The van der Waals surface area contributed by atoms with E-state index < -0.39 is 23.6 Å². The Bertz CT molecular complexity index is 597. The molecule has 1 amide bonds. The van der Waals surface area contributed by atoms with Gasteiger partial charge in [0.15, 0.2) is 0 Å². The summed E-state index contributed by atoms with van der Waals surface area (Å²) in [6.45, 7) is 8.07. The van der Waals surface area contributed by atoms with E-state index in [9.17, 15) is 14.7 Å². The van der Waals surface area contributed by atoms with Gasteiger partial charge in [0, 0.05) is 25.2 Å². The molecule has 1 aromatic rings. The minimum absolute atomic E-state index is 0.0427. The van der Waals surface area contributed by atoms with Crippen LogP contribution in [0.2, 0.25) is 0 Å². The summed E-state index contributed by atoms with van der Waals surface area (Å²) in [4.78, 5) is 25.4. The van der Waals surface area contributed by atoms with E-state index in [0.29, 0.717) is 13.0 Å².